The molecule has 0 aliphatic carbocycles. The zero-order valence-corrected chi connectivity index (χ0v) is 17.1. The number of ether oxygens (including phenoxy) is 1. The predicted molar refractivity (Wildman–Crippen MR) is 116 cm³/mol. The van der Waals surface area contributed by atoms with Gasteiger partial charge >= 0.3 is 0 Å². The molecule has 152 valence electrons. The maximum Gasteiger partial charge on any atom is 0.119 e. The van der Waals surface area contributed by atoms with Crippen molar-refractivity contribution in [3.05, 3.63) is 60.2 Å². The molecular weight excluding hydrogens is 348 g/mol. The lowest BCUT2D eigenvalue weighted by Gasteiger charge is -2.38. The van der Waals surface area contributed by atoms with Crippen LogP contribution in [0.4, 0.5) is 5.69 Å². The van der Waals surface area contributed by atoms with Crippen LogP contribution in [0.1, 0.15) is 44.6 Å². The summed E-state index contributed by atoms with van der Waals surface area (Å²) in [7, 11) is 0. The minimum atomic E-state index is -0.552. The molecule has 1 aliphatic rings. The maximum absolute atomic E-state index is 10.9. The smallest absolute Gasteiger partial charge is 0.119 e. The highest BCUT2D eigenvalue weighted by Gasteiger charge is 2.31. The van der Waals surface area contributed by atoms with Crippen molar-refractivity contribution < 1.29 is 9.84 Å². The average molecular weight is 383 g/mol. The van der Waals surface area contributed by atoms with Crippen molar-refractivity contribution in [1.82, 2.24) is 4.90 Å². The number of rotatable bonds is 10. The van der Waals surface area contributed by atoms with E-state index in [0.717, 1.165) is 76.3 Å². The van der Waals surface area contributed by atoms with E-state index in [0.29, 0.717) is 0 Å². The van der Waals surface area contributed by atoms with Gasteiger partial charge in [0.25, 0.3) is 0 Å². The summed E-state index contributed by atoms with van der Waals surface area (Å²) in [6.45, 7) is 6.60. The third-order valence-electron chi connectivity index (χ3n) is 5.58. The van der Waals surface area contributed by atoms with Crippen LogP contribution in [0.2, 0.25) is 0 Å². The molecule has 28 heavy (non-hydrogen) atoms. The van der Waals surface area contributed by atoms with E-state index in [1.807, 2.05) is 24.3 Å². The molecule has 0 aromatic heterocycles. The second-order valence-corrected chi connectivity index (χ2v) is 7.89. The number of benzene rings is 2. The fourth-order valence-electron chi connectivity index (χ4n) is 3.66. The van der Waals surface area contributed by atoms with Crippen LogP contribution in [0, 0.1) is 0 Å². The number of nitrogens with zero attached hydrogens (tertiary/aromatic N) is 1. The van der Waals surface area contributed by atoms with Crippen molar-refractivity contribution in [2.24, 2.45) is 0 Å². The van der Waals surface area contributed by atoms with Crippen LogP contribution >= 0.6 is 0 Å². The Labute approximate surface area is 169 Å². The summed E-state index contributed by atoms with van der Waals surface area (Å²) in [6, 6.07) is 18.7. The first kappa shape index (κ1) is 20.7. The first-order valence-corrected chi connectivity index (χ1v) is 10.6. The van der Waals surface area contributed by atoms with Crippen LogP contribution in [0.3, 0.4) is 0 Å². The molecule has 0 amide bonds. The van der Waals surface area contributed by atoms with Gasteiger partial charge in [0.15, 0.2) is 0 Å². The first-order chi connectivity index (χ1) is 13.7. The third-order valence-corrected chi connectivity index (χ3v) is 5.58. The number of nitrogens with one attached hydrogen (secondary N) is 1. The third kappa shape index (κ3) is 6.54. The Morgan fingerprint density at radius 3 is 2.43 bits per heavy atom. The van der Waals surface area contributed by atoms with Gasteiger partial charge in [-0.2, -0.15) is 0 Å². The van der Waals surface area contributed by atoms with Crippen molar-refractivity contribution in [3.63, 3.8) is 0 Å². The molecule has 2 aromatic carbocycles. The monoisotopic (exact) mass is 382 g/mol. The zero-order chi connectivity index (χ0) is 19.7. The molecule has 0 unspecified atom stereocenters. The van der Waals surface area contributed by atoms with Gasteiger partial charge in [-0.3, -0.25) is 4.90 Å². The summed E-state index contributed by atoms with van der Waals surface area (Å²) in [5, 5.41) is 14.3. The van der Waals surface area contributed by atoms with Crippen LogP contribution in [0.25, 0.3) is 0 Å². The normalized spacial score (nSPS) is 16.6. The lowest BCUT2D eigenvalue weighted by atomic mass is 9.88. The Morgan fingerprint density at radius 2 is 1.75 bits per heavy atom. The lowest BCUT2D eigenvalue weighted by Crippen LogP contribution is -2.44. The molecule has 3 rings (SSSR count). The summed E-state index contributed by atoms with van der Waals surface area (Å²) in [5.74, 6) is 0.920. The number of anilines is 1. The number of likely N-dealkylation sites (tertiary alicyclic amines) is 1. The molecule has 0 bridgehead atoms. The summed E-state index contributed by atoms with van der Waals surface area (Å²) in [4.78, 5) is 2.44. The van der Waals surface area contributed by atoms with Gasteiger partial charge in [-0.05, 0) is 55.5 Å². The number of unbranched alkanes of at least 4 members (excludes halogenated alkanes) is 1. The lowest BCUT2D eigenvalue weighted by molar-refractivity contribution is -0.0266. The fourth-order valence-corrected chi connectivity index (χ4v) is 3.66. The largest absolute Gasteiger partial charge is 0.494 e. The van der Waals surface area contributed by atoms with E-state index in [1.165, 1.54) is 5.56 Å². The van der Waals surface area contributed by atoms with Gasteiger partial charge in [-0.1, -0.05) is 43.7 Å². The van der Waals surface area contributed by atoms with Crippen molar-refractivity contribution in [1.29, 1.82) is 0 Å². The SMILES string of the molecule is CCCCOc1ccc(NCCC2(O)CCN(Cc3ccccc3)CC2)cc1. The predicted octanol–water partition coefficient (Wildman–Crippen LogP) is 4.69. The van der Waals surface area contributed by atoms with Gasteiger partial charge in [-0.15, -0.1) is 0 Å². The second kappa shape index (κ2) is 10.5. The van der Waals surface area contributed by atoms with Crippen molar-refractivity contribution >= 4 is 5.69 Å². The Hall–Kier alpha value is -2.04. The van der Waals surface area contributed by atoms with E-state index in [-0.39, 0.29) is 0 Å². The maximum atomic E-state index is 10.9. The molecular formula is C24H34N2O2. The quantitative estimate of drug-likeness (QED) is 0.585. The number of aliphatic hydroxyl groups is 1. The Bertz CT molecular complexity index is 680. The minimum Gasteiger partial charge on any atom is -0.494 e. The van der Waals surface area contributed by atoms with E-state index in [4.69, 9.17) is 4.74 Å². The summed E-state index contributed by atoms with van der Waals surface area (Å²) >= 11 is 0. The fraction of sp³-hybridized carbons (Fsp3) is 0.500. The van der Waals surface area contributed by atoms with Crippen LogP contribution < -0.4 is 10.1 Å². The van der Waals surface area contributed by atoms with E-state index < -0.39 is 5.60 Å². The minimum absolute atomic E-state index is 0.552. The topological polar surface area (TPSA) is 44.7 Å². The Balaban J connectivity index is 1.36. The molecule has 0 radical (unpaired) electrons. The standard InChI is InChI=1S/C24H34N2O2/c1-2-3-19-28-23-11-9-22(10-12-23)25-16-13-24(27)14-17-26(18-15-24)20-21-7-5-4-6-8-21/h4-12,25,27H,2-3,13-20H2,1H3. The van der Waals surface area contributed by atoms with Gasteiger partial charge in [-0.25, -0.2) is 0 Å². The molecule has 1 saturated heterocycles. The number of hydrogen-bond acceptors (Lipinski definition) is 4. The summed E-state index contributed by atoms with van der Waals surface area (Å²) in [6.07, 6.45) is 4.69. The van der Waals surface area contributed by atoms with Gasteiger partial charge < -0.3 is 15.2 Å². The molecule has 4 nitrogen and oxygen atoms in total. The van der Waals surface area contributed by atoms with Gasteiger partial charge in [0.05, 0.1) is 12.2 Å². The molecule has 0 saturated carbocycles. The molecule has 0 atom stereocenters. The van der Waals surface area contributed by atoms with Crippen LogP contribution in [0.5, 0.6) is 5.75 Å². The molecule has 4 heteroatoms. The molecule has 1 fully saturated rings. The molecule has 2 aromatic rings. The highest BCUT2D eigenvalue weighted by atomic mass is 16.5. The van der Waals surface area contributed by atoms with Crippen LogP contribution in [-0.4, -0.2) is 41.8 Å². The number of piperidine rings is 1. The average Bonchev–Trinajstić information content (AvgIpc) is 2.72. The van der Waals surface area contributed by atoms with Crippen molar-refractivity contribution in [2.75, 3.05) is 31.6 Å². The number of hydrogen-bond donors (Lipinski definition) is 2. The Morgan fingerprint density at radius 1 is 1.04 bits per heavy atom. The van der Waals surface area contributed by atoms with E-state index in [9.17, 15) is 5.11 Å². The van der Waals surface area contributed by atoms with Crippen molar-refractivity contribution in [3.8, 4) is 5.75 Å². The Kier molecular flexibility index (Phi) is 7.75. The van der Waals surface area contributed by atoms with E-state index in [1.54, 1.807) is 0 Å². The molecule has 1 heterocycles. The van der Waals surface area contributed by atoms with Crippen LogP contribution in [0.15, 0.2) is 54.6 Å². The van der Waals surface area contributed by atoms with E-state index in [2.05, 4.69) is 47.5 Å². The van der Waals surface area contributed by atoms with Gasteiger partial charge in [0, 0.05) is 31.9 Å². The summed E-state index contributed by atoms with van der Waals surface area (Å²) < 4.78 is 5.70. The van der Waals surface area contributed by atoms with Gasteiger partial charge in [0.1, 0.15) is 5.75 Å². The molecule has 2 N–H and O–H groups in total. The van der Waals surface area contributed by atoms with E-state index >= 15 is 0 Å². The second-order valence-electron chi connectivity index (χ2n) is 7.89. The highest BCUT2D eigenvalue weighted by Crippen LogP contribution is 2.27. The summed E-state index contributed by atoms with van der Waals surface area (Å²) in [5.41, 5.74) is 1.87. The molecule has 1 aliphatic heterocycles. The molecule has 0 spiro atoms. The van der Waals surface area contributed by atoms with Gasteiger partial charge in [0.2, 0.25) is 0 Å². The zero-order valence-electron chi connectivity index (χ0n) is 17.1. The first-order valence-electron chi connectivity index (χ1n) is 10.6. The highest BCUT2D eigenvalue weighted by molar-refractivity contribution is 5.46. The van der Waals surface area contributed by atoms with Crippen molar-refractivity contribution in [2.45, 2.75) is 51.2 Å². The van der Waals surface area contributed by atoms with Crippen LogP contribution in [-0.2, 0) is 6.54 Å².